The molecule has 0 aromatic carbocycles. The molecule has 34 heavy (non-hydrogen) atoms. The summed E-state index contributed by atoms with van der Waals surface area (Å²) in [5, 5.41) is 9.34. The number of esters is 1. The maximum absolute atomic E-state index is 13.5. The Hall–Kier alpha value is -1.17. The molecule has 0 aliphatic heterocycles. The zero-order valence-corrected chi connectivity index (χ0v) is 22.6. The van der Waals surface area contributed by atoms with Crippen LogP contribution in [0.15, 0.2) is 23.3 Å². The molecule has 3 rings (SSSR count). The highest BCUT2D eigenvalue weighted by Crippen LogP contribution is 2.62. The van der Waals surface area contributed by atoms with Gasteiger partial charge >= 0.3 is 5.97 Å². The summed E-state index contributed by atoms with van der Waals surface area (Å²) in [7, 11) is 0. The van der Waals surface area contributed by atoms with E-state index in [4.69, 9.17) is 14.2 Å². The van der Waals surface area contributed by atoms with E-state index >= 15 is 0 Å². The number of carbonyl (C=O) groups excluding carboxylic acids is 1. The SMILES string of the molecule is CC(O)COC(C)COC(C)COC(=O)[C@]1(C)CCC[C@@]2(C)C1CC=C1C=C(C(C)C)CC[C@@H]12. The van der Waals surface area contributed by atoms with Crippen LogP contribution in [0.1, 0.15) is 87.0 Å². The topological polar surface area (TPSA) is 65.0 Å². The number of aliphatic hydroxyl groups excluding tert-OH is 1. The fourth-order valence-electron chi connectivity index (χ4n) is 6.65. The Kier molecular flexibility index (Phi) is 9.08. The fourth-order valence-corrected chi connectivity index (χ4v) is 6.65. The highest BCUT2D eigenvalue weighted by Gasteiger charge is 2.57. The lowest BCUT2D eigenvalue weighted by atomic mass is 9.47. The van der Waals surface area contributed by atoms with Gasteiger partial charge in [-0.25, -0.2) is 0 Å². The lowest BCUT2D eigenvalue weighted by molar-refractivity contribution is -0.173. The highest BCUT2D eigenvalue weighted by atomic mass is 16.6. The lowest BCUT2D eigenvalue weighted by Gasteiger charge is -2.57. The van der Waals surface area contributed by atoms with E-state index in [0.717, 1.165) is 19.3 Å². The number of rotatable bonds is 10. The molecule has 4 unspecified atom stereocenters. The van der Waals surface area contributed by atoms with E-state index in [1.54, 1.807) is 12.5 Å². The largest absolute Gasteiger partial charge is 0.463 e. The summed E-state index contributed by atoms with van der Waals surface area (Å²) in [5.41, 5.74) is 2.78. The van der Waals surface area contributed by atoms with E-state index in [-0.39, 0.29) is 36.8 Å². The second-order valence-corrected chi connectivity index (χ2v) is 12.0. The summed E-state index contributed by atoms with van der Waals surface area (Å²) in [6, 6.07) is 0. The van der Waals surface area contributed by atoms with Crippen molar-refractivity contribution >= 4 is 5.97 Å². The number of ether oxygens (including phenoxy) is 3. The normalized spacial score (nSPS) is 33.8. The molecule has 0 aromatic rings. The van der Waals surface area contributed by atoms with Crippen LogP contribution in [0.5, 0.6) is 0 Å². The van der Waals surface area contributed by atoms with E-state index in [1.165, 1.54) is 24.8 Å². The Morgan fingerprint density at radius 1 is 1.06 bits per heavy atom. The molecule has 5 heteroatoms. The predicted octanol–water partition coefficient (Wildman–Crippen LogP) is 5.86. The van der Waals surface area contributed by atoms with Crippen molar-refractivity contribution in [2.24, 2.45) is 28.6 Å². The van der Waals surface area contributed by atoms with Crippen molar-refractivity contribution in [3.05, 3.63) is 23.3 Å². The molecule has 0 spiro atoms. The van der Waals surface area contributed by atoms with Crippen molar-refractivity contribution in [1.29, 1.82) is 0 Å². The molecule has 5 nitrogen and oxygen atoms in total. The van der Waals surface area contributed by atoms with Gasteiger partial charge in [0.1, 0.15) is 6.61 Å². The second-order valence-electron chi connectivity index (χ2n) is 12.0. The summed E-state index contributed by atoms with van der Waals surface area (Å²) >= 11 is 0. The van der Waals surface area contributed by atoms with Gasteiger partial charge in [-0.3, -0.25) is 4.79 Å². The average molecular weight is 477 g/mol. The molecular formula is C29H48O5. The first-order chi connectivity index (χ1) is 16.0. The number of fused-ring (bicyclic) bond motifs is 3. The number of carbonyl (C=O) groups is 1. The Morgan fingerprint density at radius 2 is 1.74 bits per heavy atom. The lowest BCUT2D eigenvalue weighted by Crippen LogP contribution is -2.53. The van der Waals surface area contributed by atoms with Gasteiger partial charge in [-0.05, 0) is 88.5 Å². The zero-order chi connectivity index (χ0) is 25.1. The van der Waals surface area contributed by atoms with Crippen LogP contribution in [-0.2, 0) is 19.0 Å². The maximum atomic E-state index is 13.5. The molecule has 0 aromatic heterocycles. The van der Waals surface area contributed by atoms with Crippen molar-refractivity contribution in [3.63, 3.8) is 0 Å². The number of hydrogen-bond donors (Lipinski definition) is 1. The number of aliphatic hydroxyl groups is 1. The number of hydrogen-bond acceptors (Lipinski definition) is 5. The van der Waals surface area contributed by atoms with Crippen molar-refractivity contribution in [2.75, 3.05) is 19.8 Å². The molecule has 0 bridgehead atoms. The van der Waals surface area contributed by atoms with Gasteiger partial charge in [0.2, 0.25) is 0 Å². The van der Waals surface area contributed by atoms with E-state index < -0.39 is 11.5 Å². The average Bonchev–Trinajstić information content (AvgIpc) is 2.79. The quantitative estimate of drug-likeness (QED) is 0.400. The molecule has 3 aliphatic rings. The Balaban J connectivity index is 1.61. The van der Waals surface area contributed by atoms with E-state index in [1.807, 2.05) is 13.8 Å². The standard InChI is InChI=1S/C29H48O5/c1-19(2)23-9-11-25-24(15-23)10-12-26-28(25,6)13-8-14-29(26,7)27(31)34-18-22(5)33-17-21(4)32-16-20(3)30/h10,15,19-22,25-26,30H,8-9,11-14,16-18H2,1-7H3/t20?,21?,22?,25-,26?,28+,29+/m0/s1. The van der Waals surface area contributed by atoms with Gasteiger partial charge in [0.15, 0.2) is 0 Å². The molecule has 0 heterocycles. The van der Waals surface area contributed by atoms with E-state index in [2.05, 4.69) is 39.8 Å². The van der Waals surface area contributed by atoms with Crippen LogP contribution in [0.3, 0.4) is 0 Å². The molecule has 1 saturated carbocycles. The van der Waals surface area contributed by atoms with Crippen LogP contribution >= 0.6 is 0 Å². The molecule has 1 fully saturated rings. The van der Waals surface area contributed by atoms with Crippen molar-refractivity contribution in [2.45, 2.75) is 105 Å². The van der Waals surface area contributed by atoms with Crippen molar-refractivity contribution in [3.8, 4) is 0 Å². The minimum absolute atomic E-state index is 0.0663. The first kappa shape index (κ1) is 27.4. The Labute approximate surface area is 207 Å². The predicted molar refractivity (Wildman–Crippen MR) is 135 cm³/mol. The van der Waals surface area contributed by atoms with Gasteiger partial charge in [0.05, 0.1) is 36.9 Å². The molecule has 0 amide bonds. The van der Waals surface area contributed by atoms with Gasteiger partial charge in [-0.15, -0.1) is 0 Å². The molecular weight excluding hydrogens is 428 g/mol. The highest BCUT2D eigenvalue weighted by molar-refractivity contribution is 5.77. The fraction of sp³-hybridized carbons (Fsp3) is 0.828. The first-order valence-electron chi connectivity index (χ1n) is 13.5. The summed E-state index contributed by atoms with van der Waals surface area (Å²) in [6.07, 6.45) is 10.6. The molecule has 194 valence electrons. The van der Waals surface area contributed by atoms with E-state index in [9.17, 15) is 9.90 Å². The summed E-state index contributed by atoms with van der Waals surface area (Å²) in [4.78, 5) is 13.5. The minimum atomic E-state index is -0.490. The van der Waals surface area contributed by atoms with Crippen LogP contribution < -0.4 is 0 Å². The van der Waals surface area contributed by atoms with E-state index in [0.29, 0.717) is 24.4 Å². The zero-order valence-electron chi connectivity index (χ0n) is 22.6. The van der Waals surface area contributed by atoms with Crippen molar-refractivity contribution < 1.29 is 24.1 Å². The Morgan fingerprint density at radius 3 is 2.41 bits per heavy atom. The van der Waals surface area contributed by atoms with Crippen LogP contribution in [-0.4, -0.2) is 49.2 Å². The number of allylic oxidation sites excluding steroid dienone is 4. The van der Waals surface area contributed by atoms with Crippen LogP contribution in [0, 0.1) is 28.6 Å². The summed E-state index contributed by atoms with van der Waals surface area (Å²) in [6.45, 7) is 15.7. The minimum Gasteiger partial charge on any atom is -0.463 e. The van der Waals surface area contributed by atoms with Crippen LogP contribution in [0.2, 0.25) is 0 Å². The van der Waals surface area contributed by atoms with Gasteiger partial charge in [-0.2, -0.15) is 0 Å². The molecule has 0 saturated heterocycles. The third-order valence-electron chi connectivity index (χ3n) is 8.73. The molecule has 7 atom stereocenters. The van der Waals surface area contributed by atoms with Crippen LogP contribution in [0.25, 0.3) is 0 Å². The van der Waals surface area contributed by atoms with Gasteiger partial charge < -0.3 is 19.3 Å². The smallest absolute Gasteiger partial charge is 0.312 e. The molecule has 0 radical (unpaired) electrons. The first-order valence-corrected chi connectivity index (χ1v) is 13.5. The van der Waals surface area contributed by atoms with Gasteiger partial charge in [-0.1, -0.05) is 44.9 Å². The maximum Gasteiger partial charge on any atom is 0.312 e. The third-order valence-corrected chi connectivity index (χ3v) is 8.73. The summed E-state index contributed by atoms with van der Waals surface area (Å²) in [5.74, 6) is 1.40. The third kappa shape index (κ3) is 5.96. The second kappa shape index (κ2) is 11.3. The van der Waals surface area contributed by atoms with Gasteiger partial charge in [0, 0.05) is 0 Å². The van der Waals surface area contributed by atoms with Crippen LogP contribution in [0.4, 0.5) is 0 Å². The van der Waals surface area contributed by atoms with Crippen molar-refractivity contribution in [1.82, 2.24) is 0 Å². The Bertz CT molecular complexity index is 768. The summed E-state index contributed by atoms with van der Waals surface area (Å²) < 4.78 is 17.2. The van der Waals surface area contributed by atoms with Gasteiger partial charge in [0.25, 0.3) is 0 Å². The molecule has 1 N–H and O–H groups in total. The molecule has 3 aliphatic carbocycles. The monoisotopic (exact) mass is 476 g/mol.